The highest BCUT2D eigenvalue weighted by Crippen LogP contribution is 2.28. The zero-order chi connectivity index (χ0) is 16.6. The summed E-state index contributed by atoms with van der Waals surface area (Å²) in [6, 6.07) is 8.75. The molecule has 1 saturated heterocycles. The van der Waals surface area contributed by atoms with Crippen molar-refractivity contribution in [2.75, 3.05) is 29.9 Å². The van der Waals surface area contributed by atoms with Crippen LogP contribution in [0.3, 0.4) is 0 Å². The van der Waals surface area contributed by atoms with Crippen LogP contribution in [0, 0.1) is 0 Å². The first-order valence-corrected chi connectivity index (χ1v) is 9.70. The molecule has 1 heterocycles. The van der Waals surface area contributed by atoms with Crippen molar-refractivity contribution < 1.29 is 4.79 Å². The summed E-state index contributed by atoms with van der Waals surface area (Å²) in [6.45, 7) is 2.60. The number of rotatable bonds is 5. The summed E-state index contributed by atoms with van der Waals surface area (Å²) in [5.41, 5.74) is 2.31. The maximum Gasteiger partial charge on any atom is 0.239 e. The Balaban J connectivity index is 1.53. The summed E-state index contributed by atoms with van der Waals surface area (Å²) in [4.78, 5) is 14.7. The Bertz CT molecular complexity index is 517. The first-order valence-electron chi connectivity index (χ1n) is 9.70. The number of amides is 1. The highest BCUT2D eigenvalue weighted by Gasteiger charge is 2.16. The Kier molecular flexibility index (Phi) is 6.39. The Morgan fingerprint density at radius 1 is 0.958 bits per heavy atom. The number of piperidine rings is 1. The van der Waals surface area contributed by atoms with Gasteiger partial charge in [-0.15, -0.1) is 0 Å². The summed E-state index contributed by atoms with van der Waals surface area (Å²) in [6.07, 6.45) is 11.2. The summed E-state index contributed by atoms with van der Waals surface area (Å²) < 4.78 is 0. The van der Waals surface area contributed by atoms with Crippen molar-refractivity contribution in [2.24, 2.45) is 0 Å². The van der Waals surface area contributed by atoms with Crippen molar-refractivity contribution in [3.8, 4) is 0 Å². The second-order valence-corrected chi connectivity index (χ2v) is 7.17. The van der Waals surface area contributed by atoms with Gasteiger partial charge in [-0.3, -0.25) is 4.79 Å². The van der Waals surface area contributed by atoms with Crippen LogP contribution in [0.1, 0.15) is 57.8 Å². The van der Waals surface area contributed by atoms with Crippen molar-refractivity contribution in [3.05, 3.63) is 24.3 Å². The average molecular weight is 329 g/mol. The lowest BCUT2D eigenvalue weighted by Gasteiger charge is -2.30. The van der Waals surface area contributed by atoms with Crippen LogP contribution in [0.4, 0.5) is 11.4 Å². The van der Waals surface area contributed by atoms with Gasteiger partial charge in [0.2, 0.25) is 5.91 Å². The van der Waals surface area contributed by atoms with E-state index < -0.39 is 0 Å². The van der Waals surface area contributed by atoms with Gasteiger partial charge in [0.15, 0.2) is 0 Å². The van der Waals surface area contributed by atoms with E-state index in [0.29, 0.717) is 12.6 Å². The molecular formula is C20H31N3O. The van der Waals surface area contributed by atoms with Gasteiger partial charge in [-0.25, -0.2) is 0 Å². The molecule has 1 saturated carbocycles. The number of carbonyl (C=O) groups is 1. The van der Waals surface area contributed by atoms with Crippen LogP contribution in [0.25, 0.3) is 0 Å². The van der Waals surface area contributed by atoms with Gasteiger partial charge in [0.1, 0.15) is 0 Å². The predicted octanol–water partition coefficient (Wildman–Crippen LogP) is 3.93. The molecular weight excluding hydrogens is 298 g/mol. The van der Waals surface area contributed by atoms with Crippen LogP contribution in [0.15, 0.2) is 24.3 Å². The summed E-state index contributed by atoms with van der Waals surface area (Å²) in [5.74, 6) is 0.121. The number of nitrogens with one attached hydrogen (secondary N) is 2. The molecule has 2 fully saturated rings. The highest BCUT2D eigenvalue weighted by molar-refractivity contribution is 5.83. The van der Waals surface area contributed by atoms with Crippen LogP contribution in [-0.2, 0) is 4.79 Å². The molecule has 4 heteroatoms. The van der Waals surface area contributed by atoms with Gasteiger partial charge < -0.3 is 15.5 Å². The minimum absolute atomic E-state index is 0.121. The van der Waals surface area contributed by atoms with Crippen LogP contribution >= 0.6 is 0 Å². The topological polar surface area (TPSA) is 44.4 Å². The highest BCUT2D eigenvalue weighted by atomic mass is 16.1. The second kappa shape index (κ2) is 8.95. The molecule has 1 aromatic carbocycles. The average Bonchev–Trinajstić information content (AvgIpc) is 2.90. The Labute approximate surface area is 146 Å². The fourth-order valence-electron chi connectivity index (χ4n) is 3.91. The van der Waals surface area contributed by atoms with Crippen molar-refractivity contribution in [1.29, 1.82) is 0 Å². The van der Waals surface area contributed by atoms with Crippen molar-refractivity contribution >= 4 is 17.3 Å². The number of hydrogen-bond donors (Lipinski definition) is 2. The lowest BCUT2D eigenvalue weighted by Crippen LogP contribution is -2.38. The molecule has 0 atom stereocenters. The third-order valence-electron chi connectivity index (χ3n) is 5.26. The van der Waals surface area contributed by atoms with Crippen molar-refractivity contribution in [3.63, 3.8) is 0 Å². The van der Waals surface area contributed by atoms with Gasteiger partial charge in [0, 0.05) is 19.1 Å². The lowest BCUT2D eigenvalue weighted by atomic mass is 10.1. The van der Waals surface area contributed by atoms with Gasteiger partial charge in [-0.1, -0.05) is 37.8 Å². The lowest BCUT2D eigenvalue weighted by molar-refractivity contribution is -0.120. The third kappa shape index (κ3) is 4.89. The van der Waals surface area contributed by atoms with E-state index in [1.54, 1.807) is 0 Å². The Morgan fingerprint density at radius 2 is 1.62 bits per heavy atom. The molecule has 4 nitrogen and oxygen atoms in total. The normalized spacial score (nSPS) is 19.6. The first-order chi connectivity index (χ1) is 11.8. The SMILES string of the molecule is O=C(CNc1ccccc1N1CCCCC1)NC1CCCCCC1. The van der Waals surface area contributed by atoms with E-state index in [-0.39, 0.29) is 5.91 Å². The maximum absolute atomic E-state index is 12.3. The Morgan fingerprint density at radius 3 is 2.38 bits per heavy atom. The number of hydrogen-bond acceptors (Lipinski definition) is 3. The molecule has 0 unspecified atom stereocenters. The van der Waals surface area contributed by atoms with E-state index >= 15 is 0 Å². The zero-order valence-corrected chi connectivity index (χ0v) is 14.7. The second-order valence-electron chi connectivity index (χ2n) is 7.17. The van der Waals surface area contributed by atoms with Crippen molar-refractivity contribution in [2.45, 2.75) is 63.8 Å². The van der Waals surface area contributed by atoms with E-state index in [4.69, 9.17) is 0 Å². The van der Waals surface area contributed by atoms with Crippen LogP contribution in [0.5, 0.6) is 0 Å². The smallest absolute Gasteiger partial charge is 0.239 e. The number of carbonyl (C=O) groups excluding carboxylic acids is 1. The maximum atomic E-state index is 12.3. The zero-order valence-electron chi connectivity index (χ0n) is 14.7. The van der Waals surface area contributed by atoms with E-state index in [9.17, 15) is 4.79 Å². The van der Waals surface area contributed by atoms with Gasteiger partial charge in [-0.05, 0) is 44.2 Å². The molecule has 0 aromatic heterocycles. The first kappa shape index (κ1) is 17.1. The van der Waals surface area contributed by atoms with Gasteiger partial charge >= 0.3 is 0 Å². The quantitative estimate of drug-likeness (QED) is 0.805. The fourth-order valence-corrected chi connectivity index (χ4v) is 3.91. The largest absolute Gasteiger partial charge is 0.374 e. The third-order valence-corrected chi connectivity index (χ3v) is 5.26. The monoisotopic (exact) mass is 329 g/mol. The van der Waals surface area contributed by atoms with E-state index in [1.807, 2.05) is 6.07 Å². The molecule has 1 aliphatic carbocycles. The minimum Gasteiger partial charge on any atom is -0.374 e. The van der Waals surface area contributed by atoms with Crippen LogP contribution in [0.2, 0.25) is 0 Å². The van der Waals surface area contributed by atoms with Crippen molar-refractivity contribution in [1.82, 2.24) is 5.32 Å². The van der Waals surface area contributed by atoms with Gasteiger partial charge in [0.25, 0.3) is 0 Å². The van der Waals surface area contributed by atoms with E-state index in [2.05, 4.69) is 33.7 Å². The van der Waals surface area contributed by atoms with Gasteiger partial charge in [0.05, 0.1) is 17.9 Å². The molecule has 2 N–H and O–H groups in total. The number of anilines is 2. The summed E-state index contributed by atoms with van der Waals surface area (Å²) in [7, 11) is 0. The summed E-state index contributed by atoms with van der Waals surface area (Å²) in [5, 5.41) is 6.57. The van der Waals surface area contributed by atoms with Crippen LogP contribution < -0.4 is 15.5 Å². The number of para-hydroxylation sites is 2. The number of nitrogens with zero attached hydrogens (tertiary/aromatic N) is 1. The van der Waals surface area contributed by atoms with Gasteiger partial charge in [-0.2, -0.15) is 0 Å². The number of benzene rings is 1. The molecule has 24 heavy (non-hydrogen) atoms. The fraction of sp³-hybridized carbons (Fsp3) is 0.650. The molecule has 3 rings (SSSR count). The molecule has 0 radical (unpaired) electrons. The molecule has 1 aromatic rings. The molecule has 0 bridgehead atoms. The molecule has 132 valence electrons. The van der Waals surface area contributed by atoms with E-state index in [1.165, 1.54) is 50.6 Å². The van der Waals surface area contributed by atoms with E-state index in [0.717, 1.165) is 31.6 Å². The molecule has 2 aliphatic rings. The Hall–Kier alpha value is -1.71. The minimum atomic E-state index is 0.121. The predicted molar refractivity (Wildman–Crippen MR) is 101 cm³/mol. The van der Waals surface area contributed by atoms with Crippen LogP contribution in [-0.4, -0.2) is 31.6 Å². The summed E-state index contributed by atoms with van der Waals surface area (Å²) >= 11 is 0. The standard InChI is InChI=1S/C20H31N3O/c24-20(22-17-10-4-1-2-5-11-17)16-21-18-12-6-7-13-19(18)23-14-8-3-9-15-23/h6-7,12-13,17,21H,1-5,8-11,14-16H2,(H,22,24). The molecule has 1 amide bonds. The molecule has 0 spiro atoms. The molecule has 1 aliphatic heterocycles.